The van der Waals surface area contributed by atoms with Gasteiger partial charge in [-0.2, -0.15) is 0 Å². The van der Waals surface area contributed by atoms with Crippen molar-refractivity contribution in [2.24, 2.45) is 0 Å². The summed E-state index contributed by atoms with van der Waals surface area (Å²) in [5.74, 6) is -1.05. The average Bonchev–Trinajstić information content (AvgIpc) is 2.44. The molecule has 0 radical (unpaired) electrons. The lowest BCUT2D eigenvalue weighted by Gasteiger charge is -2.19. The van der Waals surface area contributed by atoms with Crippen LogP contribution in [0.1, 0.15) is 34.1 Å². The van der Waals surface area contributed by atoms with E-state index in [2.05, 4.69) is 0 Å². The minimum atomic E-state index is -3.29. The zero-order chi connectivity index (χ0) is 17.0. The van der Waals surface area contributed by atoms with Crippen LogP contribution in [0.2, 0.25) is 0 Å². The van der Waals surface area contributed by atoms with Gasteiger partial charge in [0.25, 0.3) is 0 Å². The zero-order valence-corrected chi connectivity index (χ0v) is 15.2. The number of hydrogen-bond donors (Lipinski definition) is 0. The summed E-state index contributed by atoms with van der Waals surface area (Å²) in [6, 6.07) is 0. The summed E-state index contributed by atoms with van der Waals surface area (Å²) in [4.78, 5) is 23.5. The van der Waals surface area contributed by atoms with Gasteiger partial charge in [-0.15, -0.1) is 11.8 Å². The molecule has 0 heterocycles. The highest BCUT2D eigenvalue weighted by Crippen LogP contribution is 2.51. The molecule has 0 aliphatic carbocycles. The Morgan fingerprint density at radius 2 is 1.50 bits per heavy atom. The molecule has 0 rings (SSSR count). The Bertz CT molecular complexity index is 379. The van der Waals surface area contributed by atoms with Crippen LogP contribution in [0.25, 0.3) is 0 Å². The Morgan fingerprint density at radius 3 is 1.95 bits per heavy atom. The minimum absolute atomic E-state index is 0.0302. The lowest BCUT2D eigenvalue weighted by Crippen LogP contribution is -2.25. The Labute approximate surface area is 135 Å². The van der Waals surface area contributed by atoms with E-state index >= 15 is 0 Å². The molecule has 0 aliphatic heterocycles. The van der Waals surface area contributed by atoms with Crippen molar-refractivity contribution in [1.29, 1.82) is 0 Å². The van der Waals surface area contributed by atoms with Gasteiger partial charge in [0.15, 0.2) is 0 Å². The molecule has 1 atom stereocenters. The molecule has 0 aliphatic rings. The first kappa shape index (κ1) is 21.4. The largest absolute Gasteiger partial charge is 0.466 e. The molecule has 0 bridgehead atoms. The Kier molecular flexibility index (Phi) is 11.6. The monoisotopic (exact) mass is 356 g/mol. The summed E-state index contributed by atoms with van der Waals surface area (Å²) < 4.78 is 32.5. The van der Waals surface area contributed by atoms with E-state index < -0.39 is 24.8 Å². The molecule has 9 heteroatoms. The maximum absolute atomic E-state index is 12.4. The van der Waals surface area contributed by atoms with E-state index in [-0.39, 0.29) is 38.3 Å². The van der Waals surface area contributed by atoms with Crippen molar-refractivity contribution in [1.82, 2.24) is 0 Å². The van der Waals surface area contributed by atoms with E-state index in [4.69, 9.17) is 18.5 Å². The quantitative estimate of drug-likeness (QED) is 0.390. The standard InChI is InChI=1S/C13H25O7PS/c1-5-17-12(14)9-11(13(15)18-6-2)22-10-21(16,19-7-3)20-8-4/h11H,5-10H2,1-4H3/t11-/m0/s1. The molecule has 7 nitrogen and oxygen atoms in total. The van der Waals surface area contributed by atoms with Gasteiger partial charge in [0.05, 0.1) is 38.3 Å². The number of thioether (sulfide) groups is 1. The highest BCUT2D eigenvalue weighted by atomic mass is 32.2. The molecule has 22 heavy (non-hydrogen) atoms. The van der Waals surface area contributed by atoms with Crippen molar-refractivity contribution < 1.29 is 32.7 Å². The van der Waals surface area contributed by atoms with E-state index in [1.54, 1.807) is 27.7 Å². The van der Waals surface area contributed by atoms with Crippen LogP contribution >= 0.6 is 19.4 Å². The first-order chi connectivity index (χ1) is 10.4. The average molecular weight is 356 g/mol. The van der Waals surface area contributed by atoms with Gasteiger partial charge in [0, 0.05) is 0 Å². The number of hydrogen-bond acceptors (Lipinski definition) is 8. The van der Waals surface area contributed by atoms with Crippen molar-refractivity contribution in [3.63, 3.8) is 0 Å². The van der Waals surface area contributed by atoms with Gasteiger partial charge in [0.2, 0.25) is 0 Å². The van der Waals surface area contributed by atoms with Gasteiger partial charge in [-0.25, -0.2) is 0 Å². The van der Waals surface area contributed by atoms with Crippen LogP contribution in [0.4, 0.5) is 0 Å². The maximum Gasteiger partial charge on any atom is 0.340 e. The molecule has 130 valence electrons. The smallest absolute Gasteiger partial charge is 0.340 e. The first-order valence-corrected chi connectivity index (χ1v) is 10.0. The number of carbonyl (C=O) groups is 2. The molecule has 0 aromatic rings. The van der Waals surface area contributed by atoms with E-state index in [0.717, 1.165) is 11.8 Å². The van der Waals surface area contributed by atoms with Crippen LogP contribution in [0, 0.1) is 0 Å². The second-order valence-electron chi connectivity index (χ2n) is 3.99. The first-order valence-electron chi connectivity index (χ1n) is 7.24. The number of rotatable bonds is 12. The predicted octanol–water partition coefficient (Wildman–Crippen LogP) is 2.83. The van der Waals surface area contributed by atoms with Crippen molar-refractivity contribution in [2.45, 2.75) is 39.4 Å². The fourth-order valence-electron chi connectivity index (χ4n) is 1.50. The topological polar surface area (TPSA) is 88.1 Å². The molecule has 0 N–H and O–H groups in total. The predicted molar refractivity (Wildman–Crippen MR) is 85.0 cm³/mol. The Balaban J connectivity index is 4.77. The zero-order valence-electron chi connectivity index (χ0n) is 13.5. The maximum atomic E-state index is 12.4. The lowest BCUT2D eigenvalue weighted by molar-refractivity contribution is -0.149. The molecule has 0 spiro atoms. The Morgan fingerprint density at radius 1 is 0.955 bits per heavy atom. The molecule has 0 aromatic carbocycles. The van der Waals surface area contributed by atoms with Gasteiger partial charge >= 0.3 is 19.5 Å². The third kappa shape index (κ3) is 8.78. The minimum Gasteiger partial charge on any atom is -0.466 e. The number of esters is 2. The molecular weight excluding hydrogens is 331 g/mol. The third-order valence-corrected chi connectivity index (χ3v) is 6.22. The van der Waals surface area contributed by atoms with Crippen LogP contribution in [0.5, 0.6) is 0 Å². The summed E-state index contributed by atoms with van der Waals surface area (Å²) in [5.41, 5.74) is -0.0302. The fourth-order valence-corrected chi connectivity index (χ4v) is 4.87. The van der Waals surface area contributed by atoms with Crippen LogP contribution in [-0.4, -0.2) is 49.1 Å². The van der Waals surface area contributed by atoms with Crippen LogP contribution in [-0.2, 0) is 32.7 Å². The van der Waals surface area contributed by atoms with Gasteiger partial charge in [-0.3, -0.25) is 14.2 Å². The second-order valence-corrected chi connectivity index (χ2v) is 7.67. The highest BCUT2D eigenvalue weighted by Gasteiger charge is 2.30. The molecule has 0 fully saturated rings. The van der Waals surface area contributed by atoms with Crippen molar-refractivity contribution >= 4 is 31.3 Å². The number of carbonyl (C=O) groups excluding carboxylic acids is 2. The summed E-state index contributed by atoms with van der Waals surface area (Å²) in [6.07, 6.45) is -0.143. The Hall–Kier alpha value is -0.560. The SMILES string of the molecule is CCOC(=O)C[C@H](SCP(=O)(OCC)OCC)C(=O)OCC. The summed E-state index contributed by atoms with van der Waals surface area (Å²) in [5, 5.41) is -0.798. The van der Waals surface area contributed by atoms with E-state index in [1.165, 1.54) is 0 Å². The molecular formula is C13H25O7PS. The summed E-state index contributed by atoms with van der Waals surface area (Å²) in [6.45, 7) is 7.68. The molecule has 0 saturated heterocycles. The second kappa shape index (κ2) is 11.9. The highest BCUT2D eigenvalue weighted by molar-refractivity contribution is 8.05. The molecule has 0 unspecified atom stereocenters. The van der Waals surface area contributed by atoms with Gasteiger partial charge < -0.3 is 18.5 Å². The van der Waals surface area contributed by atoms with Gasteiger partial charge in [0.1, 0.15) is 5.25 Å². The van der Waals surface area contributed by atoms with Gasteiger partial charge in [-0.05, 0) is 27.7 Å². The van der Waals surface area contributed by atoms with Gasteiger partial charge in [-0.1, -0.05) is 0 Å². The third-order valence-electron chi connectivity index (χ3n) is 2.29. The summed E-state index contributed by atoms with van der Waals surface area (Å²) >= 11 is 1.02. The lowest BCUT2D eigenvalue weighted by atomic mass is 10.3. The van der Waals surface area contributed by atoms with E-state index in [1.807, 2.05) is 0 Å². The molecule has 0 saturated carbocycles. The van der Waals surface area contributed by atoms with Crippen molar-refractivity contribution in [2.75, 3.05) is 31.9 Å². The molecule has 0 amide bonds. The normalized spacial score (nSPS) is 12.7. The van der Waals surface area contributed by atoms with Crippen molar-refractivity contribution in [3.8, 4) is 0 Å². The van der Waals surface area contributed by atoms with Crippen LogP contribution in [0.15, 0.2) is 0 Å². The van der Waals surface area contributed by atoms with Crippen molar-refractivity contribution in [3.05, 3.63) is 0 Å². The van der Waals surface area contributed by atoms with E-state index in [0.29, 0.717) is 0 Å². The van der Waals surface area contributed by atoms with Crippen LogP contribution < -0.4 is 0 Å². The fraction of sp³-hybridized carbons (Fsp3) is 0.846. The summed E-state index contributed by atoms with van der Waals surface area (Å²) in [7, 11) is -3.29. The van der Waals surface area contributed by atoms with E-state index in [9.17, 15) is 14.2 Å². The number of ether oxygens (including phenoxy) is 2. The molecule has 0 aromatic heterocycles. The van der Waals surface area contributed by atoms with Crippen LogP contribution in [0.3, 0.4) is 0 Å².